The van der Waals surface area contributed by atoms with Gasteiger partial charge in [-0.3, -0.25) is 28.0 Å². The van der Waals surface area contributed by atoms with Crippen molar-refractivity contribution < 1.29 is 71.1 Å². The summed E-state index contributed by atoms with van der Waals surface area (Å²) in [5.74, 6) is -0.692. The molecule has 19 nitrogen and oxygen atoms in total. The smallest absolute Gasteiger partial charge is 0.462 e. The molecule has 7 atom stereocenters. The Balaban J connectivity index is 1.85. The average Bonchev–Trinajstić information content (AvgIpc) is 3.49. The quantitative estimate of drug-likeness (QED) is 0.0152. The van der Waals surface area contributed by atoms with Crippen molar-refractivity contribution in [3.8, 4) is 0 Å². The predicted molar refractivity (Wildman–Crippen MR) is 234 cm³/mol. The molecule has 6 N–H and O–H groups in total. The maximum Gasteiger partial charge on any atom is 0.481 e. The molecule has 2 unspecified atom stereocenters. The second-order valence-electron chi connectivity index (χ2n) is 16.1. The van der Waals surface area contributed by atoms with Crippen LogP contribution in [0.25, 0.3) is 0 Å². The number of nitrogen functional groups attached to an aromatic ring is 1. The van der Waals surface area contributed by atoms with Gasteiger partial charge >= 0.3 is 33.3 Å². The number of rotatable bonds is 35. The number of nitrogens with two attached hydrogens (primary N) is 1. The summed E-state index contributed by atoms with van der Waals surface area (Å²) in [7, 11) is -10.9. The van der Waals surface area contributed by atoms with Crippen LogP contribution in [0.15, 0.2) is 41.4 Å². The first kappa shape index (κ1) is 56.0. The van der Waals surface area contributed by atoms with Gasteiger partial charge < -0.3 is 39.9 Å². The lowest BCUT2D eigenvalue weighted by atomic mass is 10.0. The number of aliphatic hydroxyl groups is 2. The van der Waals surface area contributed by atoms with E-state index < -0.39 is 83.7 Å². The van der Waals surface area contributed by atoms with E-state index in [4.69, 9.17) is 29.0 Å². The number of aliphatic hydroxyl groups excluding tert-OH is 2. The summed E-state index contributed by atoms with van der Waals surface area (Å²) < 4.78 is 56.3. The van der Waals surface area contributed by atoms with E-state index in [1.807, 2.05) is 6.08 Å². The summed E-state index contributed by atoms with van der Waals surface area (Å²) in [6, 6.07) is 1.24. The largest absolute Gasteiger partial charge is 0.481 e. The summed E-state index contributed by atoms with van der Waals surface area (Å²) in [6.07, 6.45) is 15.8. The minimum Gasteiger partial charge on any atom is -0.462 e. The second-order valence-corrected chi connectivity index (χ2v) is 19.1. The van der Waals surface area contributed by atoms with E-state index >= 15 is 0 Å². The van der Waals surface area contributed by atoms with Gasteiger partial charge in [0, 0.05) is 25.5 Å². The van der Waals surface area contributed by atoms with Crippen LogP contribution in [-0.2, 0) is 51.1 Å². The maximum atomic E-state index is 12.8. The topological polar surface area (TPSA) is 283 Å². The third-order valence-corrected chi connectivity index (χ3v) is 12.5. The highest BCUT2D eigenvalue weighted by atomic mass is 31.3. The molecule has 0 amide bonds. The van der Waals surface area contributed by atoms with Crippen molar-refractivity contribution in [2.45, 2.75) is 173 Å². The minimum absolute atomic E-state index is 0.0234. The van der Waals surface area contributed by atoms with Crippen LogP contribution in [0.2, 0.25) is 0 Å². The van der Waals surface area contributed by atoms with Crippen molar-refractivity contribution in [2.75, 3.05) is 25.6 Å². The van der Waals surface area contributed by atoms with E-state index in [1.165, 1.54) is 12.5 Å². The molecular formula is C42H71N3O16P2. The van der Waals surface area contributed by atoms with Crippen LogP contribution in [0, 0.1) is 5.92 Å². The van der Waals surface area contributed by atoms with Gasteiger partial charge in [0.1, 0.15) is 30.7 Å². The SMILES string of the molecule is CCCCC/C=C\C=C\C(=O)CCCCCCCC(=O)OC[C@H](COP(=O)(O)OP(=O)(O)OC[C@H]1O[C@@H](n2ccc(N)nc2=O)[C@H](O)[C@@H]1O)OC(=O)CCCCCCCCC(C)C. The summed E-state index contributed by atoms with van der Waals surface area (Å²) in [5, 5.41) is 20.8. The number of anilines is 1. The van der Waals surface area contributed by atoms with Gasteiger partial charge in [-0.2, -0.15) is 9.29 Å². The molecule has 360 valence electrons. The van der Waals surface area contributed by atoms with E-state index in [-0.39, 0.29) is 24.4 Å². The van der Waals surface area contributed by atoms with Crippen molar-refractivity contribution >= 4 is 39.2 Å². The number of carbonyl (C=O) groups is 3. The molecule has 2 heterocycles. The fraction of sp³-hybridized carbons (Fsp3) is 0.738. The molecule has 1 fully saturated rings. The molecule has 0 saturated carbocycles. The minimum atomic E-state index is -5.44. The Morgan fingerprint density at radius 1 is 0.841 bits per heavy atom. The molecule has 1 aromatic heterocycles. The first-order valence-electron chi connectivity index (χ1n) is 22.2. The summed E-state index contributed by atoms with van der Waals surface area (Å²) >= 11 is 0. The molecule has 0 bridgehead atoms. The molecule has 21 heteroatoms. The van der Waals surface area contributed by atoms with E-state index in [0.29, 0.717) is 31.6 Å². The zero-order valence-corrected chi connectivity index (χ0v) is 38.8. The lowest BCUT2D eigenvalue weighted by Gasteiger charge is -2.21. The van der Waals surface area contributed by atoms with Crippen molar-refractivity contribution in [1.29, 1.82) is 0 Å². The molecule has 0 aliphatic carbocycles. The molecule has 2 rings (SSSR count). The highest BCUT2D eigenvalue weighted by Gasteiger charge is 2.46. The Bertz CT molecular complexity index is 1720. The van der Waals surface area contributed by atoms with Gasteiger partial charge in [0.25, 0.3) is 0 Å². The summed E-state index contributed by atoms with van der Waals surface area (Å²) in [5.41, 5.74) is 4.56. The van der Waals surface area contributed by atoms with Gasteiger partial charge in [0.2, 0.25) is 0 Å². The third-order valence-electron chi connectivity index (χ3n) is 9.94. The van der Waals surface area contributed by atoms with Crippen LogP contribution < -0.4 is 11.4 Å². The number of phosphoric acid groups is 2. The normalized spacial score (nSPS) is 20.3. The van der Waals surface area contributed by atoms with E-state index in [0.717, 1.165) is 87.8 Å². The highest BCUT2D eigenvalue weighted by molar-refractivity contribution is 7.61. The number of aromatic nitrogens is 2. The lowest BCUT2D eigenvalue weighted by Crippen LogP contribution is -2.36. The van der Waals surface area contributed by atoms with Crippen LogP contribution in [0.1, 0.15) is 149 Å². The first-order chi connectivity index (χ1) is 29.9. The lowest BCUT2D eigenvalue weighted by molar-refractivity contribution is -0.161. The van der Waals surface area contributed by atoms with Gasteiger partial charge in [0.05, 0.1) is 13.2 Å². The zero-order chi connectivity index (χ0) is 46.7. The van der Waals surface area contributed by atoms with E-state index in [1.54, 1.807) is 12.2 Å². The van der Waals surface area contributed by atoms with Crippen molar-refractivity contribution in [2.24, 2.45) is 5.92 Å². The highest BCUT2D eigenvalue weighted by Crippen LogP contribution is 2.60. The molecule has 1 saturated heterocycles. The second kappa shape index (κ2) is 30.9. The third kappa shape index (κ3) is 25.3. The molecule has 1 aliphatic heterocycles. The molecule has 0 radical (unpaired) electrons. The number of esters is 2. The number of unbranched alkanes of at least 4 members (excludes halogenated alkanes) is 12. The number of carbonyl (C=O) groups excluding carboxylic acids is 3. The molecule has 63 heavy (non-hydrogen) atoms. The van der Waals surface area contributed by atoms with Gasteiger partial charge in [-0.15, -0.1) is 0 Å². The molecule has 0 spiro atoms. The Morgan fingerprint density at radius 3 is 2.11 bits per heavy atom. The number of nitrogens with zero attached hydrogens (tertiary/aromatic N) is 2. The number of phosphoric ester groups is 2. The molecule has 1 aliphatic rings. The number of allylic oxidation sites excluding steroid dienone is 4. The van der Waals surface area contributed by atoms with E-state index in [9.17, 15) is 48.3 Å². The van der Waals surface area contributed by atoms with E-state index in [2.05, 4.69) is 36.1 Å². The van der Waals surface area contributed by atoms with Gasteiger partial charge in [0.15, 0.2) is 18.1 Å². The van der Waals surface area contributed by atoms with Gasteiger partial charge in [-0.1, -0.05) is 110 Å². The van der Waals surface area contributed by atoms with Crippen LogP contribution >= 0.6 is 15.6 Å². The average molecular weight is 936 g/mol. The van der Waals surface area contributed by atoms with Crippen LogP contribution in [-0.4, -0.2) is 91.5 Å². The van der Waals surface area contributed by atoms with Gasteiger partial charge in [-0.25, -0.2) is 13.9 Å². The Kier molecular flexibility index (Phi) is 27.5. The Labute approximate surface area is 371 Å². The van der Waals surface area contributed by atoms with Crippen LogP contribution in [0.5, 0.6) is 0 Å². The van der Waals surface area contributed by atoms with Crippen molar-refractivity contribution in [1.82, 2.24) is 9.55 Å². The number of hydrogen-bond acceptors (Lipinski definition) is 16. The molecule has 0 aromatic carbocycles. The standard InChI is InChI=1S/C42H71N3O16P2/c1-4-5-6-7-8-13-18-23-33(46)24-19-14-11-16-20-25-37(47)56-29-34(59-38(48)26-21-15-10-9-12-17-22-32(2)3)30-57-62(52,53)61-63(54,55)58-31-35-39(49)40(50)41(60-35)45-28-27-36(43)44-42(45)51/h8,13,18,23,27-28,32,34-35,39-41,49-50H,4-7,9-12,14-17,19-22,24-26,29-31H2,1-3H3,(H,52,53)(H,54,55)(H2,43,44,51)/b13-8-,23-18+/t34-,35-,39-,40-,41-/m1/s1. The van der Waals surface area contributed by atoms with Crippen molar-refractivity contribution in [3.05, 3.63) is 47.1 Å². The van der Waals surface area contributed by atoms with Gasteiger partial charge in [-0.05, 0) is 50.2 Å². The number of ether oxygens (including phenoxy) is 3. The maximum absolute atomic E-state index is 12.8. The monoisotopic (exact) mass is 935 g/mol. The van der Waals surface area contributed by atoms with Crippen molar-refractivity contribution in [3.63, 3.8) is 0 Å². The summed E-state index contributed by atoms with van der Waals surface area (Å²) in [4.78, 5) is 73.6. The predicted octanol–water partition coefficient (Wildman–Crippen LogP) is 6.92. The van der Waals surface area contributed by atoms with Crippen LogP contribution in [0.3, 0.4) is 0 Å². The molecule has 1 aromatic rings. The number of ketones is 1. The fourth-order valence-corrected chi connectivity index (χ4v) is 8.53. The Morgan fingerprint density at radius 2 is 1.46 bits per heavy atom. The first-order valence-corrected chi connectivity index (χ1v) is 25.2. The fourth-order valence-electron chi connectivity index (χ4n) is 6.42. The van der Waals surface area contributed by atoms with Crippen LogP contribution in [0.4, 0.5) is 5.82 Å². The zero-order valence-electron chi connectivity index (χ0n) is 37.0. The number of hydrogen-bond donors (Lipinski definition) is 5. The Hall–Kier alpha value is -3.09. The molecular weight excluding hydrogens is 864 g/mol. The summed E-state index contributed by atoms with van der Waals surface area (Å²) in [6.45, 7) is 4.12.